The average molecular weight is 803 g/mol. The van der Waals surface area contributed by atoms with Crippen LogP contribution in [0, 0.1) is 0 Å². The summed E-state index contributed by atoms with van der Waals surface area (Å²) in [6.45, 7) is 4.66. The maximum absolute atomic E-state index is 5.20. The Balaban J connectivity index is 0.959. The predicted octanol–water partition coefficient (Wildman–Crippen LogP) is 16.2. The fraction of sp³-hybridized carbons (Fsp3) is 0.0492. The number of hydrogen-bond donors (Lipinski definition) is 0. The molecular formula is C61H42N2. The summed E-state index contributed by atoms with van der Waals surface area (Å²) in [7, 11) is 0. The molecule has 11 aromatic rings. The quantitative estimate of drug-likeness (QED) is 0.124. The molecule has 0 amide bonds. The Morgan fingerprint density at radius 1 is 0.317 bits per heavy atom. The van der Waals surface area contributed by atoms with Crippen LogP contribution >= 0.6 is 0 Å². The maximum Gasteiger partial charge on any atom is 0.160 e. The van der Waals surface area contributed by atoms with Crippen LogP contribution in [0.2, 0.25) is 0 Å². The fourth-order valence-corrected chi connectivity index (χ4v) is 10.2. The SMILES string of the molecule is CC1(C)c2ccccc2-c2cc(-c3ccc(-c4cc(-c5ccc(-c6c7ccccc7c(-c7ccccc7)c7c6ccc6ccccc67)cc5)nc(-c5ccccc5)n4)cc3)ccc21. The molecule has 0 spiro atoms. The van der Waals surface area contributed by atoms with Gasteiger partial charge >= 0.3 is 0 Å². The van der Waals surface area contributed by atoms with Crippen LogP contribution in [0.4, 0.5) is 0 Å². The molecule has 0 radical (unpaired) electrons. The molecule has 0 atom stereocenters. The molecule has 12 rings (SSSR count). The highest BCUT2D eigenvalue weighted by atomic mass is 14.9. The Hall–Kier alpha value is -7.94. The van der Waals surface area contributed by atoms with Crippen molar-refractivity contribution in [1.29, 1.82) is 0 Å². The number of nitrogens with zero attached hydrogens (tertiary/aromatic N) is 2. The standard InChI is InChI=1S/C61H42N2/c1-61(2)53-24-14-13-21-48(53)52-37-46(34-36-54(52)61)39-25-27-41(28-26-39)55-38-56(63-60(62-55)45-18-7-4-8-19-45)42-29-31-44(32-30-42)57-49-22-11-12-23-50(49)58(43-16-5-3-6-17-43)59-47-20-10-9-15-40(47)33-35-51(57)59/h3-38H,1-2H3. The molecule has 63 heavy (non-hydrogen) atoms. The number of hydrogen-bond acceptors (Lipinski definition) is 2. The second-order valence-corrected chi connectivity index (χ2v) is 17.3. The van der Waals surface area contributed by atoms with Crippen molar-refractivity contribution in [2.45, 2.75) is 19.3 Å². The van der Waals surface area contributed by atoms with Crippen LogP contribution in [0.3, 0.4) is 0 Å². The van der Waals surface area contributed by atoms with Gasteiger partial charge in [0.25, 0.3) is 0 Å². The van der Waals surface area contributed by atoms with E-state index in [1.165, 1.54) is 88.0 Å². The zero-order valence-electron chi connectivity index (χ0n) is 35.2. The Morgan fingerprint density at radius 3 is 1.52 bits per heavy atom. The lowest BCUT2D eigenvalue weighted by Gasteiger charge is -2.21. The van der Waals surface area contributed by atoms with Crippen LogP contribution in [-0.4, -0.2) is 9.97 Å². The summed E-state index contributed by atoms with van der Waals surface area (Å²) in [6, 6.07) is 79.1. The summed E-state index contributed by atoms with van der Waals surface area (Å²) in [5.74, 6) is 0.705. The summed E-state index contributed by atoms with van der Waals surface area (Å²) in [5, 5.41) is 7.50. The van der Waals surface area contributed by atoms with Gasteiger partial charge in [0.2, 0.25) is 0 Å². The van der Waals surface area contributed by atoms with E-state index in [9.17, 15) is 0 Å². The Kier molecular flexibility index (Phi) is 8.55. The highest BCUT2D eigenvalue weighted by Gasteiger charge is 2.35. The molecule has 1 aliphatic rings. The van der Waals surface area contributed by atoms with Gasteiger partial charge in [-0.25, -0.2) is 9.97 Å². The molecule has 2 nitrogen and oxygen atoms in total. The van der Waals surface area contributed by atoms with E-state index in [-0.39, 0.29) is 5.41 Å². The molecule has 10 aromatic carbocycles. The van der Waals surface area contributed by atoms with Gasteiger partial charge in [-0.15, -0.1) is 0 Å². The highest BCUT2D eigenvalue weighted by molar-refractivity contribution is 6.27. The summed E-state index contributed by atoms with van der Waals surface area (Å²) in [6.07, 6.45) is 0. The van der Waals surface area contributed by atoms with E-state index in [2.05, 4.69) is 214 Å². The molecule has 0 bridgehead atoms. The largest absolute Gasteiger partial charge is 0.228 e. The van der Waals surface area contributed by atoms with Crippen LogP contribution in [0.1, 0.15) is 25.0 Å². The van der Waals surface area contributed by atoms with Gasteiger partial charge in [-0.3, -0.25) is 0 Å². The van der Waals surface area contributed by atoms with Gasteiger partial charge in [-0.2, -0.15) is 0 Å². The lowest BCUT2D eigenvalue weighted by Crippen LogP contribution is -2.14. The van der Waals surface area contributed by atoms with Crippen molar-refractivity contribution in [3.8, 4) is 78.4 Å². The zero-order chi connectivity index (χ0) is 42.1. The Morgan fingerprint density at radius 2 is 0.825 bits per heavy atom. The molecule has 2 heteroatoms. The van der Waals surface area contributed by atoms with E-state index >= 15 is 0 Å². The number of fused-ring (bicyclic) bond motifs is 7. The van der Waals surface area contributed by atoms with Crippen LogP contribution in [0.5, 0.6) is 0 Å². The smallest absolute Gasteiger partial charge is 0.160 e. The van der Waals surface area contributed by atoms with Crippen molar-refractivity contribution in [3.63, 3.8) is 0 Å². The topological polar surface area (TPSA) is 25.8 Å². The second-order valence-electron chi connectivity index (χ2n) is 17.3. The summed E-state index contributed by atoms with van der Waals surface area (Å²) >= 11 is 0. The van der Waals surface area contributed by atoms with Gasteiger partial charge in [0.05, 0.1) is 11.4 Å². The van der Waals surface area contributed by atoms with Crippen molar-refractivity contribution in [3.05, 3.63) is 230 Å². The summed E-state index contributed by atoms with van der Waals surface area (Å²) < 4.78 is 0. The first kappa shape index (κ1) is 36.9. The van der Waals surface area contributed by atoms with Crippen molar-refractivity contribution < 1.29 is 0 Å². The molecule has 296 valence electrons. The van der Waals surface area contributed by atoms with Crippen molar-refractivity contribution in [2.24, 2.45) is 0 Å². The van der Waals surface area contributed by atoms with Gasteiger partial charge < -0.3 is 0 Å². The molecule has 0 saturated heterocycles. The van der Waals surface area contributed by atoms with Crippen molar-refractivity contribution >= 4 is 32.3 Å². The molecule has 1 aromatic heterocycles. The minimum Gasteiger partial charge on any atom is -0.228 e. The molecule has 0 fully saturated rings. The monoisotopic (exact) mass is 802 g/mol. The van der Waals surface area contributed by atoms with Gasteiger partial charge in [0.15, 0.2) is 5.82 Å². The molecular weight excluding hydrogens is 761 g/mol. The zero-order valence-corrected chi connectivity index (χ0v) is 35.2. The molecule has 1 heterocycles. The van der Waals surface area contributed by atoms with E-state index in [0.717, 1.165) is 28.1 Å². The minimum atomic E-state index is -0.0119. The molecule has 0 unspecified atom stereocenters. The maximum atomic E-state index is 5.20. The molecule has 0 aliphatic heterocycles. The fourth-order valence-electron chi connectivity index (χ4n) is 10.2. The Labute approximate surface area is 367 Å². The minimum absolute atomic E-state index is 0.0119. The van der Waals surface area contributed by atoms with E-state index in [4.69, 9.17) is 9.97 Å². The second kappa shape index (κ2) is 14.6. The molecule has 0 N–H and O–H groups in total. The summed E-state index contributed by atoms with van der Waals surface area (Å²) in [5.41, 5.74) is 17.6. The van der Waals surface area contributed by atoms with E-state index in [0.29, 0.717) is 5.82 Å². The third-order valence-corrected chi connectivity index (χ3v) is 13.3. The first-order valence-corrected chi connectivity index (χ1v) is 21.8. The number of benzene rings is 10. The molecule has 0 saturated carbocycles. The number of rotatable bonds is 6. The van der Waals surface area contributed by atoms with Crippen molar-refractivity contribution in [2.75, 3.05) is 0 Å². The predicted molar refractivity (Wildman–Crippen MR) is 265 cm³/mol. The lowest BCUT2D eigenvalue weighted by molar-refractivity contribution is 0.660. The van der Waals surface area contributed by atoms with Gasteiger partial charge in [0.1, 0.15) is 0 Å². The lowest BCUT2D eigenvalue weighted by atomic mass is 9.82. The average Bonchev–Trinajstić information content (AvgIpc) is 3.58. The van der Waals surface area contributed by atoms with E-state index < -0.39 is 0 Å². The third kappa shape index (κ3) is 6.09. The van der Waals surface area contributed by atoms with Crippen LogP contribution in [-0.2, 0) is 5.41 Å². The van der Waals surface area contributed by atoms with Crippen molar-refractivity contribution in [1.82, 2.24) is 9.97 Å². The first-order chi connectivity index (χ1) is 31.0. The molecule has 1 aliphatic carbocycles. The van der Waals surface area contributed by atoms with Gasteiger partial charge in [-0.05, 0) is 100 Å². The normalized spacial score (nSPS) is 12.7. The van der Waals surface area contributed by atoms with E-state index in [1.807, 2.05) is 18.2 Å². The summed E-state index contributed by atoms with van der Waals surface area (Å²) in [4.78, 5) is 10.4. The highest BCUT2D eigenvalue weighted by Crippen LogP contribution is 2.50. The van der Waals surface area contributed by atoms with Gasteiger partial charge in [-0.1, -0.05) is 220 Å². The van der Waals surface area contributed by atoms with Crippen LogP contribution in [0.25, 0.3) is 111 Å². The van der Waals surface area contributed by atoms with Crippen LogP contribution < -0.4 is 0 Å². The van der Waals surface area contributed by atoms with E-state index in [1.54, 1.807) is 0 Å². The number of aromatic nitrogens is 2. The van der Waals surface area contributed by atoms with Gasteiger partial charge in [0, 0.05) is 22.1 Å². The van der Waals surface area contributed by atoms with Crippen LogP contribution in [0.15, 0.2) is 218 Å². The Bertz CT molecular complexity index is 3550. The third-order valence-electron chi connectivity index (χ3n) is 13.3. The first-order valence-electron chi connectivity index (χ1n) is 21.8.